The molecule has 152 valence electrons. The summed E-state index contributed by atoms with van der Waals surface area (Å²) in [4.78, 5) is 17.2. The number of halogens is 1. The molecule has 0 aliphatic heterocycles. The van der Waals surface area contributed by atoms with Crippen LogP contribution in [0.5, 0.6) is 0 Å². The van der Waals surface area contributed by atoms with Crippen molar-refractivity contribution in [3.05, 3.63) is 88.8 Å². The Morgan fingerprint density at radius 1 is 1.13 bits per heavy atom. The molecule has 0 radical (unpaired) electrons. The second-order valence-electron chi connectivity index (χ2n) is 7.51. The molecular formula is C24H22BrN3O2. The largest absolute Gasteiger partial charge is 0.481 e. The summed E-state index contributed by atoms with van der Waals surface area (Å²) in [6.45, 7) is 3.81. The first-order valence-electron chi connectivity index (χ1n) is 9.84. The van der Waals surface area contributed by atoms with Gasteiger partial charge in [-0.1, -0.05) is 65.3 Å². The maximum Gasteiger partial charge on any atom is 0.316 e. The number of rotatable bonds is 6. The first-order chi connectivity index (χ1) is 14.5. The van der Waals surface area contributed by atoms with E-state index in [0.29, 0.717) is 17.8 Å². The molecule has 0 aliphatic rings. The van der Waals surface area contributed by atoms with Gasteiger partial charge in [-0.05, 0) is 42.7 Å². The van der Waals surface area contributed by atoms with Crippen molar-refractivity contribution in [1.29, 1.82) is 0 Å². The van der Waals surface area contributed by atoms with Crippen LogP contribution in [0.3, 0.4) is 0 Å². The number of hydrogen-bond acceptors (Lipinski definition) is 3. The fraction of sp³-hybridized carbons (Fsp3) is 0.208. The predicted octanol–water partition coefficient (Wildman–Crippen LogP) is 5.69. The van der Waals surface area contributed by atoms with Crippen molar-refractivity contribution in [1.82, 2.24) is 14.6 Å². The van der Waals surface area contributed by atoms with E-state index < -0.39 is 11.4 Å². The average Bonchev–Trinajstić information content (AvgIpc) is 3.19. The highest BCUT2D eigenvalue weighted by Crippen LogP contribution is 2.42. The normalized spacial score (nSPS) is 14.4. The Kier molecular flexibility index (Phi) is 5.43. The van der Waals surface area contributed by atoms with Crippen LogP contribution < -0.4 is 0 Å². The Morgan fingerprint density at radius 2 is 1.83 bits per heavy atom. The third kappa shape index (κ3) is 3.31. The number of fused-ring (bicyclic) bond motifs is 1. The highest BCUT2D eigenvalue weighted by molar-refractivity contribution is 9.10. The van der Waals surface area contributed by atoms with Crippen LogP contribution in [0.4, 0.5) is 0 Å². The molecule has 0 amide bonds. The maximum absolute atomic E-state index is 12.7. The van der Waals surface area contributed by atoms with Gasteiger partial charge >= 0.3 is 5.97 Å². The number of benzene rings is 2. The van der Waals surface area contributed by atoms with Crippen LogP contribution in [0.1, 0.15) is 37.4 Å². The van der Waals surface area contributed by atoms with Crippen LogP contribution in [-0.2, 0) is 10.2 Å². The number of aromatic nitrogens is 3. The molecule has 2 atom stereocenters. The van der Waals surface area contributed by atoms with Crippen molar-refractivity contribution < 1.29 is 9.90 Å². The van der Waals surface area contributed by atoms with Crippen LogP contribution in [-0.4, -0.2) is 25.7 Å². The van der Waals surface area contributed by atoms with Gasteiger partial charge in [0.25, 0.3) is 0 Å². The summed E-state index contributed by atoms with van der Waals surface area (Å²) in [6.07, 6.45) is 4.10. The van der Waals surface area contributed by atoms with Crippen LogP contribution in [0.25, 0.3) is 16.8 Å². The van der Waals surface area contributed by atoms with Gasteiger partial charge in [-0.3, -0.25) is 4.79 Å². The molecule has 6 heteroatoms. The minimum Gasteiger partial charge on any atom is -0.481 e. The van der Waals surface area contributed by atoms with E-state index in [-0.39, 0.29) is 5.92 Å². The number of carbonyl (C=O) groups is 1. The lowest BCUT2D eigenvalue weighted by molar-refractivity contribution is -0.144. The van der Waals surface area contributed by atoms with E-state index in [1.807, 2.05) is 61.5 Å². The molecule has 1 N–H and O–H groups in total. The van der Waals surface area contributed by atoms with Gasteiger partial charge in [0.1, 0.15) is 5.41 Å². The van der Waals surface area contributed by atoms with Crippen molar-refractivity contribution in [2.24, 2.45) is 0 Å². The van der Waals surface area contributed by atoms with Crippen LogP contribution in [0.15, 0.2) is 77.5 Å². The molecule has 0 spiro atoms. The van der Waals surface area contributed by atoms with Crippen molar-refractivity contribution in [3.63, 3.8) is 0 Å². The van der Waals surface area contributed by atoms with Crippen molar-refractivity contribution in [2.75, 3.05) is 0 Å². The van der Waals surface area contributed by atoms with E-state index in [4.69, 9.17) is 0 Å². The van der Waals surface area contributed by atoms with E-state index in [0.717, 1.165) is 21.2 Å². The van der Waals surface area contributed by atoms with Crippen LogP contribution >= 0.6 is 15.9 Å². The van der Waals surface area contributed by atoms with Gasteiger partial charge < -0.3 is 5.11 Å². The molecule has 0 bridgehead atoms. The number of carboxylic acid groups (broad SMARTS) is 1. The SMILES string of the molecule is CCC(c1ccccc1)[C@](C)(C(=O)O)c1ccnc2c(-c3ccc(Br)cc3)cnn12. The van der Waals surface area contributed by atoms with Gasteiger partial charge in [0, 0.05) is 22.2 Å². The van der Waals surface area contributed by atoms with Gasteiger partial charge in [-0.15, -0.1) is 0 Å². The number of aliphatic carboxylic acids is 1. The summed E-state index contributed by atoms with van der Waals surface area (Å²) in [5.74, 6) is -1.10. The molecule has 30 heavy (non-hydrogen) atoms. The van der Waals surface area contributed by atoms with Crippen LogP contribution in [0.2, 0.25) is 0 Å². The summed E-state index contributed by atoms with van der Waals surface area (Å²) in [7, 11) is 0. The Labute approximate surface area is 183 Å². The number of nitrogens with zero attached hydrogens (tertiary/aromatic N) is 3. The lowest BCUT2D eigenvalue weighted by Crippen LogP contribution is -2.40. The Morgan fingerprint density at radius 3 is 2.47 bits per heavy atom. The summed E-state index contributed by atoms with van der Waals surface area (Å²) in [5, 5.41) is 15.0. The Hall–Kier alpha value is -2.99. The van der Waals surface area contributed by atoms with E-state index in [1.165, 1.54) is 0 Å². The van der Waals surface area contributed by atoms with Crippen LogP contribution in [0, 0.1) is 0 Å². The molecule has 4 aromatic rings. The molecule has 0 aliphatic carbocycles. The van der Waals surface area contributed by atoms with Gasteiger partial charge in [0.2, 0.25) is 0 Å². The molecule has 1 unspecified atom stereocenters. The number of carboxylic acids is 1. The van der Waals surface area contributed by atoms with Gasteiger partial charge in [-0.2, -0.15) is 5.10 Å². The minimum atomic E-state index is -1.18. The summed E-state index contributed by atoms with van der Waals surface area (Å²) < 4.78 is 2.67. The van der Waals surface area contributed by atoms with E-state index in [1.54, 1.807) is 29.9 Å². The first-order valence-corrected chi connectivity index (χ1v) is 10.6. The third-order valence-corrected chi connectivity index (χ3v) is 6.37. The average molecular weight is 464 g/mol. The fourth-order valence-electron chi connectivity index (χ4n) is 4.22. The summed E-state index contributed by atoms with van der Waals surface area (Å²) >= 11 is 3.46. The Bertz CT molecular complexity index is 1190. The standard InChI is InChI=1S/C24H22BrN3O2/c1-3-20(17-7-5-4-6-8-17)24(2,23(29)30)21-13-14-26-22-19(15-27-28(21)22)16-9-11-18(25)12-10-16/h4-15,20H,3H2,1-2H3,(H,29,30)/t20?,24-/m0/s1. The molecule has 5 nitrogen and oxygen atoms in total. The summed E-state index contributed by atoms with van der Waals surface area (Å²) in [6, 6.07) is 19.5. The van der Waals surface area contributed by atoms with E-state index >= 15 is 0 Å². The zero-order valence-electron chi connectivity index (χ0n) is 16.8. The topological polar surface area (TPSA) is 67.5 Å². The summed E-state index contributed by atoms with van der Waals surface area (Å²) in [5.41, 5.74) is 2.91. The minimum absolute atomic E-state index is 0.220. The zero-order chi connectivity index (χ0) is 21.3. The van der Waals surface area contributed by atoms with Crippen molar-refractivity contribution in [3.8, 4) is 11.1 Å². The molecule has 2 aromatic heterocycles. The molecule has 4 rings (SSSR count). The fourth-order valence-corrected chi connectivity index (χ4v) is 4.48. The molecular weight excluding hydrogens is 442 g/mol. The lowest BCUT2D eigenvalue weighted by atomic mass is 9.69. The second kappa shape index (κ2) is 8.03. The third-order valence-electron chi connectivity index (χ3n) is 5.84. The van der Waals surface area contributed by atoms with Gasteiger partial charge in [0.05, 0.1) is 11.9 Å². The predicted molar refractivity (Wildman–Crippen MR) is 121 cm³/mol. The zero-order valence-corrected chi connectivity index (χ0v) is 18.4. The van der Waals surface area contributed by atoms with E-state index in [9.17, 15) is 9.90 Å². The molecule has 2 aromatic carbocycles. The molecule has 0 fully saturated rings. The van der Waals surface area contributed by atoms with Gasteiger partial charge in [-0.25, -0.2) is 9.50 Å². The highest BCUT2D eigenvalue weighted by Gasteiger charge is 2.45. The van der Waals surface area contributed by atoms with Crippen molar-refractivity contribution in [2.45, 2.75) is 31.6 Å². The van der Waals surface area contributed by atoms with E-state index in [2.05, 4.69) is 26.0 Å². The van der Waals surface area contributed by atoms with Gasteiger partial charge in [0.15, 0.2) is 5.65 Å². The Balaban J connectivity index is 1.92. The van der Waals surface area contributed by atoms with Crippen molar-refractivity contribution >= 4 is 27.5 Å². The monoisotopic (exact) mass is 463 g/mol. The quantitative estimate of drug-likeness (QED) is 0.398. The molecule has 0 saturated carbocycles. The highest BCUT2D eigenvalue weighted by atomic mass is 79.9. The molecule has 2 heterocycles. The molecule has 0 saturated heterocycles. The smallest absolute Gasteiger partial charge is 0.316 e. The number of hydrogen-bond donors (Lipinski definition) is 1. The second-order valence-corrected chi connectivity index (χ2v) is 8.43. The maximum atomic E-state index is 12.7. The lowest BCUT2D eigenvalue weighted by Gasteiger charge is -2.34. The first kappa shape index (κ1) is 20.3.